The Balaban J connectivity index is 0.000000720. The van der Waals surface area contributed by atoms with Crippen molar-refractivity contribution in [2.45, 2.75) is 13.0 Å². The van der Waals surface area contributed by atoms with Gasteiger partial charge in [0.05, 0.1) is 0 Å². The van der Waals surface area contributed by atoms with Crippen molar-refractivity contribution in [2.75, 3.05) is 6.54 Å². The van der Waals surface area contributed by atoms with Crippen LogP contribution in [0.15, 0.2) is 22.7 Å². The molecule has 0 spiro atoms. The second-order valence-electron chi connectivity index (χ2n) is 2.80. The Morgan fingerprint density at radius 3 is 2.92 bits per heavy atom. The van der Waals surface area contributed by atoms with Gasteiger partial charge in [-0.2, -0.15) is 0 Å². The minimum Gasteiger partial charge on any atom is -0.312 e. The molecule has 3 heteroatoms. The number of fused-ring (bicyclic) bond motifs is 1. The Bertz CT molecular complexity index is 275. The molecule has 1 N–H and O–H groups in total. The first-order chi connectivity index (χ1) is 5.38. The lowest BCUT2D eigenvalue weighted by Gasteiger charge is -2.17. The molecule has 0 saturated carbocycles. The maximum Gasteiger partial charge on any atom is 0.0211 e. The van der Waals surface area contributed by atoms with Crippen LogP contribution in [0.1, 0.15) is 11.1 Å². The molecule has 2 rings (SSSR count). The van der Waals surface area contributed by atoms with E-state index in [1.807, 2.05) is 0 Å². The molecule has 1 aromatic carbocycles. The van der Waals surface area contributed by atoms with Crippen molar-refractivity contribution in [3.63, 3.8) is 0 Å². The molecule has 0 radical (unpaired) electrons. The van der Waals surface area contributed by atoms with Gasteiger partial charge in [-0.3, -0.25) is 0 Å². The highest BCUT2D eigenvalue weighted by atomic mass is 79.9. The molecule has 0 amide bonds. The van der Waals surface area contributed by atoms with Gasteiger partial charge in [0.2, 0.25) is 0 Å². The number of rotatable bonds is 0. The third-order valence-electron chi connectivity index (χ3n) is 2.08. The maximum atomic E-state index is 3.55. The molecule has 0 bridgehead atoms. The summed E-state index contributed by atoms with van der Waals surface area (Å²) in [5.74, 6) is 0. The van der Waals surface area contributed by atoms with Crippen LogP contribution >= 0.6 is 28.3 Å². The molecule has 0 aliphatic carbocycles. The van der Waals surface area contributed by atoms with Crippen LogP contribution < -0.4 is 5.32 Å². The Morgan fingerprint density at radius 1 is 1.33 bits per heavy atom. The van der Waals surface area contributed by atoms with Crippen LogP contribution in [0, 0.1) is 0 Å². The minimum atomic E-state index is 0. The van der Waals surface area contributed by atoms with Crippen LogP contribution in [0.3, 0.4) is 0 Å². The zero-order chi connectivity index (χ0) is 7.68. The van der Waals surface area contributed by atoms with E-state index in [4.69, 9.17) is 0 Å². The van der Waals surface area contributed by atoms with Gasteiger partial charge in [-0.25, -0.2) is 0 Å². The molecule has 1 heterocycles. The monoisotopic (exact) mass is 247 g/mol. The van der Waals surface area contributed by atoms with Crippen LogP contribution in [0.2, 0.25) is 0 Å². The van der Waals surface area contributed by atoms with Gasteiger partial charge in [0.1, 0.15) is 0 Å². The van der Waals surface area contributed by atoms with Crippen molar-refractivity contribution in [1.29, 1.82) is 0 Å². The second-order valence-corrected chi connectivity index (χ2v) is 3.66. The van der Waals surface area contributed by atoms with Crippen LogP contribution in [-0.4, -0.2) is 6.54 Å². The maximum absolute atomic E-state index is 3.55. The van der Waals surface area contributed by atoms with Gasteiger partial charge in [-0.15, -0.1) is 12.4 Å². The first-order valence-corrected chi connectivity index (χ1v) is 4.64. The van der Waals surface area contributed by atoms with Crippen molar-refractivity contribution >= 4 is 28.3 Å². The van der Waals surface area contributed by atoms with Crippen LogP contribution in [-0.2, 0) is 13.0 Å². The van der Waals surface area contributed by atoms with E-state index in [0.29, 0.717) is 0 Å². The Labute approximate surface area is 87.1 Å². The molecule has 1 nitrogen and oxygen atoms in total. The zero-order valence-electron chi connectivity index (χ0n) is 6.64. The summed E-state index contributed by atoms with van der Waals surface area (Å²) in [6.07, 6.45) is 1.15. The molecule has 0 atom stereocenters. The fourth-order valence-corrected chi connectivity index (χ4v) is 2.09. The number of hydrogen-bond donors (Lipinski definition) is 1. The van der Waals surface area contributed by atoms with E-state index in [0.717, 1.165) is 19.5 Å². The lowest BCUT2D eigenvalue weighted by molar-refractivity contribution is 0.642. The van der Waals surface area contributed by atoms with E-state index in [9.17, 15) is 0 Å². The van der Waals surface area contributed by atoms with Crippen molar-refractivity contribution in [3.05, 3.63) is 33.8 Å². The third kappa shape index (κ3) is 1.82. The van der Waals surface area contributed by atoms with Crippen LogP contribution in [0.4, 0.5) is 0 Å². The predicted molar refractivity (Wildman–Crippen MR) is 56.8 cm³/mol. The molecule has 0 saturated heterocycles. The van der Waals surface area contributed by atoms with Gasteiger partial charge >= 0.3 is 0 Å². The molecule has 1 aromatic rings. The summed E-state index contributed by atoms with van der Waals surface area (Å²) in [6, 6.07) is 6.40. The highest BCUT2D eigenvalue weighted by Crippen LogP contribution is 2.22. The third-order valence-corrected chi connectivity index (χ3v) is 2.83. The number of hydrogen-bond acceptors (Lipinski definition) is 1. The molecule has 1 aliphatic heterocycles. The second kappa shape index (κ2) is 4.26. The number of halogens is 2. The van der Waals surface area contributed by atoms with Gasteiger partial charge in [0, 0.05) is 11.0 Å². The summed E-state index contributed by atoms with van der Waals surface area (Å²) in [5.41, 5.74) is 2.91. The molecule has 0 aromatic heterocycles. The molecule has 66 valence electrons. The zero-order valence-corrected chi connectivity index (χ0v) is 9.04. The SMILES string of the molecule is Brc1cccc2c1CCNC2.Cl. The first kappa shape index (κ1) is 10.0. The minimum absolute atomic E-state index is 0. The summed E-state index contributed by atoms with van der Waals surface area (Å²) >= 11 is 3.55. The topological polar surface area (TPSA) is 12.0 Å². The van der Waals surface area contributed by atoms with Gasteiger partial charge < -0.3 is 5.32 Å². The highest BCUT2D eigenvalue weighted by molar-refractivity contribution is 9.10. The molecule has 12 heavy (non-hydrogen) atoms. The summed E-state index contributed by atoms with van der Waals surface area (Å²) in [4.78, 5) is 0. The van der Waals surface area contributed by atoms with Crippen molar-refractivity contribution in [3.8, 4) is 0 Å². The summed E-state index contributed by atoms with van der Waals surface area (Å²) in [6.45, 7) is 2.13. The van der Waals surface area contributed by atoms with E-state index >= 15 is 0 Å². The number of nitrogens with one attached hydrogen (secondary N) is 1. The smallest absolute Gasteiger partial charge is 0.0211 e. The van der Waals surface area contributed by atoms with E-state index in [1.165, 1.54) is 15.6 Å². The largest absolute Gasteiger partial charge is 0.312 e. The molecule has 0 fully saturated rings. The summed E-state index contributed by atoms with van der Waals surface area (Å²) in [5, 5.41) is 3.35. The van der Waals surface area contributed by atoms with Crippen molar-refractivity contribution in [1.82, 2.24) is 5.32 Å². The van der Waals surface area contributed by atoms with E-state index in [-0.39, 0.29) is 12.4 Å². The predicted octanol–water partition coefficient (Wildman–Crippen LogP) is 2.52. The standard InChI is InChI=1S/C9H10BrN.ClH/c10-9-3-1-2-7-6-11-5-4-8(7)9;/h1-3,11H,4-6H2;1H. The fourth-order valence-electron chi connectivity index (χ4n) is 1.49. The molecule has 0 unspecified atom stereocenters. The average Bonchev–Trinajstić information content (AvgIpc) is 2.06. The lowest BCUT2D eigenvalue weighted by Crippen LogP contribution is -2.23. The van der Waals surface area contributed by atoms with E-state index in [1.54, 1.807) is 0 Å². The highest BCUT2D eigenvalue weighted by Gasteiger charge is 2.09. The fraction of sp³-hybridized carbons (Fsp3) is 0.333. The van der Waals surface area contributed by atoms with Crippen molar-refractivity contribution in [2.24, 2.45) is 0 Å². The van der Waals surface area contributed by atoms with Gasteiger partial charge in [-0.05, 0) is 30.2 Å². The molecular weight excluding hydrogens is 237 g/mol. The Kier molecular flexibility index (Phi) is 3.56. The van der Waals surface area contributed by atoms with E-state index in [2.05, 4.69) is 39.4 Å². The number of benzene rings is 1. The normalized spacial score (nSPS) is 14.8. The van der Waals surface area contributed by atoms with Gasteiger partial charge in [0.15, 0.2) is 0 Å². The quantitative estimate of drug-likeness (QED) is 0.744. The van der Waals surface area contributed by atoms with Gasteiger partial charge in [-0.1, -0.05) is 28.1 Å². The Morgan fingerprint density at radius 2 is 2.17 bits per heavy atom. The van der Waals surface area contributed by atoms with Crippen LogP contribution in [0.25, 0.3) is 0 Å². The molecule has 1 aliphatic rings. The summed E-state index contributed by atoms with van der Waals surface area (Å²) in [7, 11) is 0. The lowest BCUT2D eigenvalue weighted by atomic mass is 10.0. The summed E-state index contributed by atoms with van der Waals surface area (Å²) < 4.78 is 1.26. The van der Waals surface area contributed by atoms with Gasteiger partial charge in [0.25, 0.3) is 0 Å². The van der Waals surface area contributed by atoms with E-state index < -0.39 is 0 Å². The van der Waals surface area contributed by atoms with Crippen molar-refractivity contribution < 1.29 is 0 Å². The average molecular weight is 249 g/mol. The molecular formula is C9H11BrClN. The first-order valence-electron chi connectivity index (χ1n) is 3.85. The van der Waals surface area contributed by atoms with Crippen LogP contribution in [0.5, 0.6) is 0 Å². The Hall–Kier alpha value is -0.0500.